The summed E-state index contributed by atoms with van der Waals surface area (Å²) in [5.41, 5.74) is 5.91. The molecule has 3 N–H and O–H groups in total. The van der Waals surface area contributed by atoms with Crippen LogP contribution in [0.25, 0.3) is 0 Å². The number of halogens is 3. The lowest BCUT2D eigenvalue weighted by molar-refractivity contribution is -0.119. The molecule has 1 heterocycles. The van der Waals surface area contributed by atoms with Gasteiger partial charge in [0.1, 0.15) is 18.1 Å². The first-order valence-electron chi connectivity index (χ1n) is 5.74. The maximum absolute atomic E-state index is 12.5. The Bertz CT molecular complexity index is 458. The second kappa shape index (κ2) is 5.85. The lowest BCUT2D eigenvalue weighted by Crippen LogP contribution is -2.36. The van der Waals surface area contributed by atoms with Crippen LogP contribution in [0.1, 0.15) is 24.7 Å². The van der Waals surface area contributed by atoms with Gasteiger partial charge >= 0.3 is 6.18 Å². The highest BCUT2D eigenvalue weighted by molar-refractivity contribution is 5.93. The average molecular weight is 275 g/mol. The molecule has 0 radical (unpaired) electrons. The van der Waals surface area contributed by atoms with E-state index in [2.05, 4.69) is 9.97 Å². The average Bonchev–Trinajstić information content (AvgIpc) is 2.25. The molecule has 19 heavy (non-hydrogen) atoms. The smallest absolute Gasteiger partial charge is 0.382 e. The Morgan fingerprint density at radius 2 is 2.05 bits per heavy atom. The van der Waals surface area contributed by atoms with Crippen molar-refractivity contribution in [2.24, 2.45) is 5.73 Å². The van der Waals surface area contributed by atoms with Crippen LogP contribution in [-0.2, 0) is 0 Å². The monoisotopic (exact) mass is 275 g/mol. The van der Waals surface area contributed by atoms with Crippen molar-refractivity contribution in [3.63, 3.8) is 0 Å². The van der Waals surface area contributed by atoms with Crippen molar-refractivity contribution in [1.29, 1.82) is 5.41 Å². The van der Waals surface area contributed by atoms with Gasteiger partial charge in [-0.15, -0.1) is 0 Å². The number of aryl methyl sites for hydroxylation is 1. The van der Waals surface area contributed by atoms with Crippen LogP contribution in [0.15, 0.2) is 6.07 Å². The number of hydrogen-bond donors (Lipinski definition) is 2. The van der Waals surface area contributed by atoms with Crippen molar-refractivity contribution in [2.45, 2.75) is 26.4 Å². The van der Waals surface area contributed by atoms with Gasteiger partial charge in [-0.3, -0.25) is 5.41 Å². The van der Waals surface area contributed by atoms with E-state index in [0.29, 0.717) is 12.1 Å². The van der Waals surface area contributed by atoms with Gasteiger partial charge in [0.05, 0.1) is 0 Å². The summed E-state index contributed by atoms with van der Waals surface area (Å²) in [5.74, 6) is -0.348. The van der Waals surface area contributed by atoms with Gasteiger partial charge in [-0.1, -0.05) is 6.92 Å². The van der Waals surface area contributed by atoms with Gasteiger partial charge in [0, 0.05) is 12.2 Å². The highest BCUT2D eigenvalue weighted by Gasteiger charge is 2.31. The quantitative estimate of drug-likeness (QED) is 0.635. The number of nitrogens with zero attached hydrogens (tertiary/aromatic N) is 3. The highest BCUT2D eigenvalue weighted by Crippen LogP contribution is 2.20. The second-order valence-corrected chi connectivity index (χ2v) is 4.14. The Morgan fingerprint density at radius 3 is 2.53 bits per heavy atom. The van der Waals surface area contributed by atoms with Crippen molar-refractivity contribution in [3.05, 3.63) is 17.5 Å². The number of aromatic nitrogens is 2. The van der Waals surface area contributed by atoms with Crippen LogP contribution >= 0.6 is 0 Å². The van der Waals surface area contributed by atoms with Crippen molar-refractivity contribution in [1.82, 2.24) is 9.97 Å². The Hall–Kier alpha value is -1.86. The van der Waals surface area contributed by atoms with Crippen molar-refractivity contribution >= 4 is 11.8 Å². The van der Waals surface area contributed by atoms with Gasteiger partial charge in [-0.05, 0) is 19.4 Å². The van der Waals surface area contributed by atoms with Crippen LogP contribution in [0.2, 0.25) is 0 Å². The normalized spacial score (nSPS) is 11.4. The SMILES string of the molecule is CCCN(CC(F)(F)F)c1nc(C)cc(C(=N)N)n1. The Balaban J connectivity index is 3.11. The minimum absolute atomic E-state index is 0.0515. The van der Waals surface area contributed by atoms with Crippen molar-refractivity contribution in [3.8, 4) is 0 Å². The van der Waals surface area contributed by atoms with Crippen LogP contribution in [-0.4, -0.2) is 35.1 Å². The van der Waals surface area contributed by atoms with Crippen LogP contribution in [0.5, 0.6) is 0 Å². The number of nitrogens with one attached hydrogen (secondary N) is 1. The Kier molecular flexibility index (Phi) is 4.68. The Morgan fingerprint density at radius 1 is 1.42 bits per heavy atom. The molecule has 0 aliphatic rings. The van der Waals surface area contributed by atoms with E-state index in [-0.39, 0.29) is 24.0 Å². The molecule has 0 spiro atoms. The molecular weight excluding hydrogens is 259 g/mol. The molecule has 0 saturated heterocycles. The van der Waals surface area contributed by atoms with Crippen LogP contribution in [0.4, 0.5) is 19.1 Å². The number of hydrogen-bond acceptors (Lipinski definition) is 4. The lowest BCUT2D eigenvalue weighted by Gasteiger charge is -2.23. The number of anilines is 1. The molecule has 106 valence electrons. The molecule has 0 aliphatic heterocycles. The summed E-state index contributed by atoms with van der Waals surface area (Å²) >= 11 is 0. The van der Waals surface area contributed by atoms with E-state index >= 15 is 0 Å². The van der Waals surface area contributed by atoms with Gasteiger partial charge in [-0.25, -0.2) is 9.97 Å². The first-order chi connectivity index (χ1) is 8.73. The summed E-state index contributed by atoms with van der Waals surface area (Å²) in [6.07, 6.45) is -3.80. The third-order valence-electron chi connectivity index (χ3n) is 2.26. The van der Waals surface area contributed by atoms with Gasteiger partial charge in [0.25, 0.3) is 0 Å². The van der Waals surface area contributed by atoms with Crippen LogP contribution in [0.3, 0.4) is 0 Å². The van der Waals surface area contributed by atoms with E-state index in [1.165, 1.54) is 6.07 Å². The molecule has 0 aromatic carbocycles. The Labute approximate surface area is 109 Å². The zero-order valence-corrected chi connectivity index (χ0v) is 10.8. The molecule has 8 heteroatoms. The molecule has 0 aliphatic carbocycles. The van der Waals surface area contributed by atoms with E-state index in [1.54, 1.807) is 13.8 Å². The zero-order valence-electron chi connectivity index (χ0n) is 10.8. The number of rotatable bonds is 5. The van der Waals surface area contributed by atoms with Gasteiger partial charge < -0.3 is 10.6 Å². The molecule has 0 bridgehead atoms. The first-order valence-corrected chi connectivity index (χ1v) is 5.74. The fraction of sp³-hybridized carbons (Fsp3) is 0.545. The van der Waals surface area contributed by atoms with Gasteiger partial charge in [0.2, 0.25) is 5.95 Å². The van der Waals surface area contributed by atoms with Gasteiger partial charge in [-0.2, -0.15) is 13.2 Å². The summed E-state index contributed by atoms with van der Waals surface area (Å²) in [7, 11) is 0. The summed E-state index contributed by atoms with van der Waals surface area (Å²) < 4.78 is 37.5. The number of alkyl halides is 3. The van der Waals surface area contributed by atoms with E-state index < -0.39 is 12.7 Å². The molecule has 1 aromatic heterocycles. The standard InChI is InChI=1S/C11H16F3N5/c1-3-4-19(6-11(12,13)14)10-17-7(2)5-8(18-10)9(15)16/h5H,3-4,6H2,1-2H3,(H3,15,16). The molecule has 0 amide bonds. The number of amidine groups is 1. The van der Waals surface area contributed by atoms with Crippen LogP contribution < -0.4 is 10.6 Å². The highest BCUT2D eigenvalue weighted by atomic mass is 19.4. The molecular formula is C11H16F3N5. The predicted molar refractivity (Wildman–Crippen MR) is 66.3 cm³/mol. The predicted octanol–water partition coefficient (Wildman–Crippen LogP) is 1.85. The van der Waals surface area contributed by atoms with Crippen molar-refractivity contribution < 1.29 is 13.2 Å². The van der Waals surface area contributed by atoms with E-state index in [0.717, 1.165) is 4.90 Å². The summed E-state index contributed by atoms with van der Waals surface area (Å²) in [6, 6.07) is 1.46. The molecule has 5 nitrogen and oxygen atoms in total. The third-order valence-corrected chi connectivity index (χ3v) is 2.26. The largest absolute Gasteiger partial charge is 0.406 e. The third kappa shape index (κ3) is 4.72. The molecule has 0 atom stereocenters. The maximum Gasteiger partial charge on any atom is 0.406 e. The summed E-state index contributed by atoms with van der Waals surface area (Å²) in [6.45, 7) is 2.45. The van der Waals surface area contributed by atoms with Gasteiger partial charge in [0.15, 0.2) is 0 Å². The van der Waals surface area contributed by atoms with Crippen LogP contribution in [0, 0.1) is 12.3 Å². The topological polar surface area (TPSA) is 78.9 Å². The molecule has 1 aromatic rings. The minimum atomic E-state index is -4.33. The zero-order chi connectivity index (χ0) is 14.6. The van der Waals surface area contributed by atoms with E-state index in [4.69, 9.17) is 11.1 Å². The minimum Gasteiger partial charge on any atom is -0.382 e. The van der Waals surface area contributed by atoms with E-state index in [9.17, 15) is 13.2 Å². The lowest BCUT2D eigenvalue weighted by atomic mass is 10.3. The maximum atomic E-state index is 12.5. The second-order valence-electron chi connectivity index (χ2n) is 4.14. The van der Waals surface area contributed by atoms with E-state index in [1.807, 2.05) is 0 Å². The number of nitrogens with two attached hydrogens (primary N) is 1. The summed E-state index contributed by atoms with van der Waals surface area (Å²) in [4.78, 5) is 8.92. The molecule has 0 saturated carbocycles. The fourth-order valence-corrected chi connectivity index (χ4v) is 1.57. The number of nitrogen functional groups attached to an aromatic ring is 1. The van der Waals surface area contributed by atoms with Crippen molar-refractivity contribution in [2.75, 3.05) is 18.0 Å². The summed E-state index contributed by atoms with van der Waals surface area (Å²) in [5, 5.41) is 7.30. The first kappa shape index (κ1) is 15.2. The molecule has 0 unspecified atom stereocenters. The fourth-order valence-electron chi connectivity index (χ4n) is 1.57. The molecule has 0 fully saturated rings. The molecule has 1 rings (SSSR count).